The van der Waals surface area contributed by atoms with Crippen LogP contribution in [-0.2, 0) is 0 Å². The monoisotopic (exact) mass is 289 g/mol. The number of benzene rings is 2. The van der Waals surface area contributed by atoms with Crippen LogP contribution in [0.25, 0.3) is 6.08 Å². The van der Waals surface area contributed by atoms with Crippen molar-refractivity contribution < 1.29 is 4.39 Å². The number of hydrogen-bond donors (Lipinski definition) is 0. The Balaban J connectivity index is 1.80. The standard InChI is InChI=1S/C20H16FN/c21-20-18(14-16-8-3-1-4-9-16)12-7-13-19(20)22-15-17-10-5-2-6-11-17/h1-15,20H. The van der Waals surface area contributed by atoms with Gasteiger partial charge in [-0.3, -0.25) is 4.99 Å². The molecule has 0 saturated heterocycles. The van der Waals surface area contributed by atoms with Crippen molar-refractivity contribution in [3.63, 3.8) is 0 Å². The number of halogens is 1. The third kappa shape index (κ3) is 3.47. The lowest BCUT2D eigenvalue weighted by atomic mass is 10.00. The summed E-state index contributed by atoms with van der Waals surface area (Å²) < 4.78 is 14.6. The molecule has 1 nitrogen and oxygen atoms in total. The van der Waals surface area contributed by atoms with Crippen molar-refractivity contribution in [2.45, 2.75) is 6.17 Å². The highest BCUT2D eigenvalue weighted by atomic mass is 19.1. The summed E-state index contributed by atoms with van der Waals surface area (Å²) in [5, 5.41) is 0. The highest BCUT2D eigenvalue weighted by Gasteiger charge is 2.18. The van der Waals surface area contributed by atoms with Crippen LogP contribution in [0.2, 0.25) is 0 Å². The molecule has 0 N–H and O–H groups in total. The van der Waals surface area contributed by atoms with Crippen LogP contribution in [-0.4, -0.2) is 12.4 Å². The van der Waals surface area contributed by atoms with Crippen molar-refractivity contribution in [2.75, 3.05) is 0 Å². The van der Waals surface area contributed by atoms with E-state index in [2.05, 4.69) is 4.99 Å². The minimum Gasteiger partial charge on any atom is -0.257 e. The third-order valence-electron chi connectivity index (χ3n) is 3.40. The molecule has 0 fully saturated rings. The van der Waals surface area contributed by atoms with Gasteiger partial charge in [0, 0.05) is 6.21 Å². The van der Waals surface area contributed by atoms with Crippen molar-refractivity contribution >= 4 is 12.3 Å². The van der Waals surface area contributed by atoms with Crippen LogP contribution in [0.1, 0.15) is 11.1 Å². The van der Waals surface area contributed by atoms with Gasteiger partial charge < -0.3 is 0 Å². The van der Waals surface area contributed by atoms with Gasteiger partial charge in [-0.15, -0.1) is 0 Å². The van der Waals surface area contributed by atoms with E-state index in [0.29, 0.717) is 11.3 Å². The van der Waals surface area contributed by atoms with E-state index in [1.165, 1.54) is 0 Å². The Labute approximate surface area is 129 Å². The van der Waals surface area contributed by atoms with E-state index in [0.717, 1.165) is 11.1 Å². The zero-order chi connectivity index (χ0) is 15.2. The molecule has 1 atom stereocenters. The summed E-state index contributed by atoms with van der Waals surface area (Å²) in [6.45, 7) is 0. The number of hydrogen-bond acceptors (Lipinski definition) is 1. The van der Waals surface area contributed by atoms with Crippen LogP contribution in [0.5, 0.6) is 0 Å². The molecule has 1 unspecified atom stereocenters. The average molecular weight is 289 g/mol. The van der Waals surface area contributed by atoms with Gasteiger partial charge in [-0.25, -0.2) is 4.39 Å². The van der Waals surface area contributed by atoms with Gasteiger partial charge in [0.25, 0.3) is 0 Å². The number of allylic oxidation sites excluding steroid dienone is 4. The molecule has 22 heavy (non-hydrogen) atoms. The Morgan fingerprint density at radius 3 is 2.18 bits per heavy atom. The molecule has 108 valence electrons. The van der Waals surface area contributed by atoms with E-state index >= 15 is 0 Å². The maximum atomic E-state index is 14.6. The fraction of sp³-hybridized carbons (Fsp3) is 0.0500. The number of rotatable bonds is 3. The minimum absolute atomic E-state index is 0.425. The van der Waals surface area contributed by atoms with Crippen LogP contribution in [0.3, 0.4) is 0 Å². The summed E-state index contributed by atoms with van der Waals surface area (Å²) in [5.41, 5.74) is 2.99. The summed E-state index contributed by atoms with van der Waals surface area (Å²) in [5.74, 6) is 0. The van der Waals surface area contributed by atoms with Crippen LogP contribution in [0.4, 0.5) is 4.39 Å². The zero-order valence-corrected chi connectivity index (χ0v) is 12.1. The maximum absolute atomic E-state index is 14.6. The van der Waals surface area contributed by atoms with Crippen LogP contribution in [0, 0.1) is 0 Å². The Morgan fingerprint density at radius 1 is 0.864 bits per heavy atom. The van der Waals surface area contributed by atoms with Crippen molar-refractivity contribution in [3.8, 4) is 0 Å². The quantitative estimate of drug-likeness (QED) is 0.707. The molecule has 0 spiro atoms. The van der Waals surface area contributed by atoms with E-state index < -0.39 is 6.17 Å². The lowest BCUT2D eigenvalue weighted by Crippen LogP contribution is -2.08. The van der Waals surface area contributed by atoms with Crippen molar-refractivity contribution in [2.24, 2.45) is 4.99 Å². The van der Waals surface area contributed by atoms with Gasteiger partial charge in [-0.2, -0.15) is 0 Å². The molecule has 0 radical (unpaired) electrons. The summed E-state index contributed by atoms with van der Waals surface area (Å²) in [4.78, 5) is 4.30. The summed E-state index contributed by atoms with van der Waals surface area (Å²) >= 11 is 0. The van der Waals surface area contributed by atoms with Crippen molar-refractivity contribution in [1.29, 1.82) is 0 Å². The van der Waals surface area contributed by atoms with Gasteiger partial charge in [0.2, 0.25) is 0 Å². The Kier molecular flexibility index (Phi) is 4.40. The molecule has 1 aliphatic carbocycles. The molecule has 0 aromatic heterocycles. The van der Waals surface area contributed by atoms with Gasteiger partial charge in [0.15, 0.2) is 6.17 Å². The molecule has 3 rings (SSSR count). The molecule has 2 aromatic carbocycles. The SMILES string of the molecule is FC1C(=Cc2ccccc2)C=CC=C1N=Cc1ccccc1. The fourth-order valence-electron chi connectivity index (χ4n) is 2.26. The smallest absolute Gasteiger partial charge is 0.167 e. The first-order valence-electron chi connectivity index (χ1n) is 7.21. The second-order valence-corrected chi connectivity index (χ2v) is 5.04. The molecular weight excluding hydrogens is 273 g/mol. The molecule has 0 bridgehead atoms. The molecule has 2 heteroatoms. The molecule has 2 aromatic rings. The largest absolute Gasteiger partial charge is 0.257 e. The van der Waals surface area contributed by atoms with Gasteiger partial charge >= 0.3 is 0 Å². The zero-order valence-electron chi connectivity index (χ0n) is 12.1. The molecule has 1 aliphatic rings. The topological polar surface area (TPSA) is 12.4 Å². The third-order valence-corrected chi connectivity index (χ3v) is 3.40. The van der Waals surface area contributed by atoms with Crippen molar-refractivity contribution in [3.05, 3.63) is 101 Å². The van der Waals surface area contributed by atoms with E-state index in [1.807, 2.05) is 72.8 Å². The van der Waals surface area contributed by atoms with Gasteiger partial charge in [-0.05, 0) is 28.9 Å². The van der Waals surface area contributed by atoms with Gasteiger partial charge in [-0.1, -0.05) is 72.8 Å². The molecule has 0 saturated carbocycles. The summed E-state index contributed by atoms with van der Waals surface area (Å²) in [6.07, 6.45) is 7.68. The molecule has 0 heterocycles. The van der Waals surface area contributed by atoms with Crippen molar-refractivity contribution in [1.82, 2.24) is 0 Å². The second kappa shape index (κ2) is 6.81. The lowest BCUT2D eigenvalue weighted by molar-refractivity contribution is 0.434. The highest BCUT2D eigenvalue weighted by molar-refractivity contribution is 5.80. The maximum Gasteiger partial charge on any atom is 0.167 e. The molecule has 0 amide bonds. The summed E-state index contributed by atoms with van der Waals surface area (Å²) in [7, 11) is 0. The van der Waals surface area contributed by atoms with Crippen LogP contribution < -0.4 is 0 Å². The Hall–Kier alpha value is -2.74. The highest BCUT2D eigenvalue weighted by Crippen LogP contribution is 2.25. The van der Waals surface area contributed by atoms with Crippen LogP contribution in [0.15, 0.2) is 95.2 Å². The minimum atomic E-state index is -1.20. The van der Waals surface area contributed by atoms with Gasteiger partial charge in [0.1, 0.15) is 0 Å². The molecule has 0 aliphatic heterocycles. The predicted octanol–water partition coefficient (Wildman–Crippen LogP) is 4.98. The van der Waals surface area contributed by atoms with E-state index in [9.17, 15) is 4.39 Å². The van der Waals surface area contributed by atoms with E-state index in [-0.39, 0.29) is 0 Å². The van der Waals surface area contributed by atoms with Crippen LogP contribution >= 0.6 is 0 Å². The average Bonchev–Trinajstić information content (AvgIpc) is 2.58. The van der Waals surface area contributed by atoms with E-state index in [1.54, 1.807) is 18.4 Å². The first-order valence-corrected chi connectivity index (χ1v) is 7.21. The Bertz CT molecular complexity index is 740. The second-order valence-electron chi connectivity index (χ2n) is 5.04. The number of alkyl halides is 1. The predicted molar refractivity (Wildman–Crippen MR) is 90.6 cm³/mol. The first-order chi connectivity index (χ1) is 10.8. The molecular formula is C20H16FN. The number of aliphatic imine (C=N–C) groups is 1. The van der Waals surface area contributed by atoms with E-state index in [4.69, 9.17) is 0 Å². The fourth-order valence-corrected chi connectivity index (χ4v) is 2.26. The normalized spacial score (nSPS) is 19.6. The number of nitrogens with zero attached hydrogens (tertiary/aromatic N) is 1. The summed E-state index contributed by atoms with van der Waals surface area (Å²) in [6, 6.07) is 19.4. The van der Waals surface area contributed by atoms with Gasteiger partial charge in [0.05, 0.1) is 5.70 Å². The first kappa shape index (κ1) is 14.2. The lowest BCUT2D eigenvalue weighted by Gasteiger charge is -2.14. The Morgan fingerprint density at radius 2 is 1.50 bits per heavy atom.